The van der Waals surface area contributed by atoms with Crippen LogP contribution in [0.4, 0.5) is 0 Å². The number of nitrogens with one attached hydrogen (secondary N) is 1. The highest BCUT2D eigenvalue weighted by atomic mass is 79.9. The fourth-order valence-corrected chi connectivity index (χ4v) is 2.87. The smallest absolute Gasteiger partial charge is 0.213 e. The van der Waals surface area contributed by atoms with Crippen LogP contribution in [0.15, 0.2) is 32.7 Å². The van der Waals surface area contributed by atoms with Gasteiger partial charge in [-0.25, -0.2) is 4.98 Å². The van der Waals surface area contributed by atoms with Gasteiger partial charge in [0.1, 0.15) is 5.82 Å². The summed E-state index contributed by atoms with van der Waals surface area (Å²) in [4.78, 5) is 15.6. The van der Waals surface area contributed by atoms with Gasteiger partial charge in [-0.2, -0.15) is 0 Å². The van der Waals surface area contributed by atoms with Gasteiger partial charge in [-0.05, 0) is 48.4 Å². The predicted octanol–water partition coefficient (Wildman–Crippen LogP) is 2.71. The van der Waals surface area contributed by atoms with Gasteiger partial charge in [-0.15, -0.1) is 5.10 Å². The zero-order valence-corrected chi connectivity index (χ0v) is 14.6. The van der Waals surface area contributed by atoms with Gasteiger partial charge in [0.25, 0.3) is 0 Å². The second-order valence-electron chi connectivity index (χ2n) is 4.72. The molecule has 1 aromatic carbocycles. The molecule has 0 bridgehead atoms. The van der Waals surface area contributed by atoms with Crippen molar-refractivity contribution < 1.29 is 9.90 Å². The lowest BCUT2D eigenvalue weighted by molar-refractivity contribution is -0.297. The largest absolute Gasteiger partial charge is 0.544 e. The fraction of sp³-hybridized carbons (Fsp3) is 0.267. The summed E-state index contributed by atoms with van der Waals surface area (Å²) in [5.41, 5.74) is 1.85. The summed E-state index contributed by atoms with van der Waals surface area (Å²) < 4.78 is 0.923. The molecule has 1 heterocycles. The molecule has 116 valence electrons. The Morgan fingerprint density at radius 3 is 2.91 bits per heavy atom. The molecule has 0 atom stereocenters. The van der Waals surface area contributed by atoms with Crippen molar-refractivity contribution in [3.05, 3.63) is 44.5 Å². The van der Waals surface area contributed by atoms with E-state index in [2.05, 4.69) is 31.1 Å². The molecule has 0 saturated heterocycles. The minimum Gasteiger partial charge on any atom is -0.544 e. The SMILES string of the molecule is CCCc1nc(S/C(=C\c2ccc(C)c(Br)c2)C(=O)[O-])n[nH]1. The molecule has 0 aliphatic heterocycles. The monoisotopic (exact) mass is 380 g/mol. The van der Waals surface area contributed by atoms with E-state index in [0.29, 0.717) is 5.16 Å². The standard InChI is InChI=1S/C15H16BrN3O2S/c1-3-4-13-17-15(19-18-13)22-12(14(20)21)8-10-6-5-9(2)11(16)7-10/h5-8H,3-4H2,1-2H3,(H,20,21)(H,17,18,19)/p-1/b12-8-. The van der Waals surface area contributed by atoms with E-state index in [9.17, 15) is 9.90 Å². The van der Waals surface area contributed by atoms with E-state index in [0.717, 1.165) is 46.0 Å². The van der Waals surface area contributed by atoms with E-state index < -0.39 is 5.97 Å². The zero-order valence-electron chi connectivity index (χ0n) is 12.2. The van der Waals surface area contributed by atoms with Crippen LogP contribution < -0.4 is 5.11 Å². The van der Waals surface area contributed by atoms with Crippen molar-refractivity contribution in [1.82, 2.24) is 15.2 Å². The van der Waals surface area contributed by atoms with Crippen molar-refractivity contribution in [3.63, 3.8) is 0 Å². The number of aromatic nitrogens is 3. The van der Waals surface area contributed by atoms with Crippen LogP contribution in [-0.4, -0.2) is 21.2 Å². The number of rotatable bonds is 6. The third-order valence-corrected chi connectivity index (χ3v) is 4.62. The number of aryl methyl sites for hydroxylation is 2. The predicted molar refractivity (Wildman–Crippen MR) is 88.1 cm³/mol. The average Bonchev–Trinajstić information content (AvgIpc) is 2.90. The summed E-state index contributed by atoms with van der Waals surface area (Å²) in [6, 6.07) is 5.63. The van der Waals surface area contributed by atoms with Crippen LogP contribution in [0.2, 0.25) is 0 Å². The maximum Gasteiger partial charge on any atom is 0.213 e. The summed E-state index contributed by atoms with van der Waals surface area (Å²) in [5.74, 6) is -0.496. The molecule has 0 aliphatic rings. The lowest BCUT2D eigenvalue weighted by atomic mass is 10.1. The normalized spacial score (nSPS) is 11.7. The number of thioether (sulfide) groups is 1. The second kappa shape index (κ2) is 7.60. The van der Waals surface area contributed by atoms with E-state index in [1.54, 1.807) is 6.08 Å². The van der Waals surface area contributed by atoms with E-state index in [1.807, 2.05) is 32.0 Å². The lowest BCUT2D eigenvalue weighted by Crippen LogP contribution is -2.23. The summed E-state index contributed by atoms with van der Waals surface area (Å²) in [6.07, 6.45) is 3.28. The van der Waals surface area contributed by atoms with Gasteiger partial charge in [-0.1, -0.05) is 35.0 Å². The quantitative estimate of drug-likeness (QED) is 0.615. The van der Waals surface area contributed by atoms with E-state index in [4.69, 9.17) is 0 Å². The average molecular weight is 381 g/mol. The van der Waals surface area contributed by atoms with Crippen molar-refractivity contribution >= 4 is 39.7 Å². The maximum atomic E-state index is 11.3. The highest BCUT2D eigenvalue weighted by Crippen LogP contribution is 2.26. The first-order valence-corrected chi connectivity index (χ1v) is 8.39. The minimum atomic E-state index is -1.25. The maximum absolute atomic E-state index is 11.3. The van der Waals surface area contributed by atoms with E-state index in [-0.39, 0.29) is 4.91 Å². The summed E-state index contributed by atoms with van der Waals surface area (Å²) in [6.45, 7) is 4.01. The molecular formula is C15H15BrN3O2S-. The zero-order chi connectivity index (χ0) is 16.1. The Bertz CT molecular complexity index is 713. The third kappa shape index (κ3) is 4.45. The summed E-state index contributed by atoms with van der Waals surface area (Å²) in [5, 5.41) is 18.5. The number of aliphatic carboxylic acids is 1. The van der Waals surface area contributed by atoms with Crippen LogP contribution in [0, 0.1) is 6.92 Å². The first-order chi connectivity index (χ1) is 10.5. The number of hydrogen-bond acceptors (Lipinski definition) is 5. The molecule has 22 heavy (non-hydrogen) atoms. The van der Waals surface area contributed by atoms with Crippen LogP contribution in [0.1, 0.15) is 30.3 Å². The van der Waals surface area contributed by atoms with Gasteiger partial charge < -0.3 is 9.90 Å². The van der Waals surface area contributed by atoms with Crippen LogP contribution >= 0.6 is 27.7 Å². The molecule has 0 unspecified atom stereocenters. The van der Waals surface area contributed by atoms with E-state index >= 15 is 0 Å². The number of hydrogen-bond donors (Lipinski definition) is 1. The molecule has 1 N–H and O–H groups in total. The highest BCUT2D eigenvalue weighted by Gasteiger charge is 2.08. The molecule has 0 radical (unpaired) electrons. The Morgan fingerprint density at radius 2 is 2.27 bits per heavy atom. The Labute approximate surface area is 141 Å². The first kappa shape index (κ1) is 16.8. The molecule has 7 heteroatoms. The Morgan fingerprint density at radius 1 is 1.50 bits per heavy atom. The minimum absolute atomic E-state index is 0.0674. The second-order valence-corrected chi connectivity index (χ2v) is 6.58. The number of carbonyl (C=O) groups is 1. The molecule has 0 amide bonds. The number of nitrogens with zero attached hydrogens (tertiary/aromatic N) is 2. The molecule has 5 nitrogen and oxygen atoms in total. The number of halogens is 1. The third-order valence-electron chi connectivity index (χ3n) is 2.89. The van der Waals surface area contributed by atoms with Crippen molar-refractivity contribution in [1.29, 1.82) is 0 Å². The molecule has 1 aromatic heterocycles. The Hall–Kier alpha value is -1.60. The number of benzene rings is 1. The van der Waals surface area contributed by atoms with Gasteiger partial charge in [0.05, 0.1) is 5.97 Å². The molecule has 0 spiro atoms. The Balaban J connectivity index is 2.23. The van der Waals surface area contributed by atoms with Crippen molar-refractivity contribution in [2.45, 2.75) is 31.8 Å². The van der Waals surface area contributed by atoms with Crippen molar-refractivity contribution in [3.8, 4) is 0 Å². The molecule has 0 saturated carbocycles. The topological polar surface area (TPSA) is 81.7 Å². The molecule has 2 rings (SSSR count). The first-order valence-electron chi connectivity index (χ1n) is 6.78. The van der Waals surface area contributed by atoms with Gasteiger partial charge in [0.2, 0.25) is 5.16 Å². The Kier molecular flexibility index (Phi) is 5.79. The van der Waals surface area contributed by atoms with Crippen molar-refractivity contribution in [2.75, 3.05) is 0 Å². The molecule has 2 aromatic rings. The van der Waals surface area contributed by atoms with Gasteiger partial charge >= 0.3 is 0 Å². The summed E-state index contributed by atoms with van der Waals surface area (Å²) in [7, 11) is 0. The molecular weight excluding hydrogens is 366 g/mol. The number of carbonyl (C=O) groups excluding carboxylic acids is 1. The van der Waals surface area contributed by atoms with Gasteiger partial charge in [0, 0.05) is 15.8 Å². The number of carboxylic acid groups (broad SMARTS) is 1. The lowest BCUT2D eigenvalue weighted by Gasteiger charge is -2.06. The van der Waals surface area contributed by atoms with E-state index in [1.165, 1.54) is 0 Å². The number of H-pyrrole nitrogens is 1. The van der Waals surface area contributed by atoms with Gasteiger partial charge in [0.15, 0.2) is 0 Å². The molecule has 0 aliphatic carbocycles. The number of aromatic amines is 1. The highest BCUT2D eigenvalue weighted by molar-refractivity contribution is 9.10. The van der Waals surface area contributed by atoms with Crippen LogP contribution in [0.5, 0.6) is 0 Å². The van der Waals surface area contributed by atoms with Crippen molar-refractivity contribution in [2.24, 2.45) is 0 Å². The number of carboxylic acids is 1. The van der Waals surface area contributed by atoms with Crippen LogP contribution in [0.3, 0.4) is 0 Å². The molecule has 0 fully saturated rings. The summed E-state index contributed by atoms with van der Waals surface area (Å²) >= 11 is 4.41. The van der Waals surface area contributed by atoms with Crippen LogP contribution in [-0.2, 0) is 11.2 Å². The van der Waals surface area contributed by atoms with Crippen LogP contribution in [0.25, 0.3) is 6.08 Å². The van der Waals surface area contributed by atoms with Gasteiger partial charge in [-0.3, -0.25) is 5.10 Å². The fourth-order valence-electron chi connectivity index (χ4n) is 1.75.